The van der Waals surface area contributed by atoms with Crippen LogP contribution in [0.25, 0.3) is 0 Å². The van der Waals surface area contributed by atoms with Crippen LogP contribution in [-0.2, 0) is 4.79 Å². The first-order valence-corrected chi connectivity index (χ1v) is 6.95. The Morgan fingerprint density at radius 2 is 1.84 bits per heavy atom. The van der Waals surface area contributed by atoms with Gasteiger partial charge in [0.05, 0.1) is 6.10 Å². The van der Waals surface area contributed by atoms with Crippen LogP contribution >= 0.6 is 0 Å². The second kappa shape index (κ2) is 5.77. The molecule has 6 heteroatoms. The zero-order valence-electron chi connectivity index (χ0n) is 11.2. The van der Waals surface area contributed by atoms with Crippen molar-refractivity contribution in [2.45, 2.75) is 57.2 Å². The van der Waals surface area contributed by atoms with Crippen molar-refractivity contribution in [1.82, 2.24) is 10.2 Å². The van der Waals surface area contributed by atoms with Crippen molar-refractivity contribution in [3.05, 3.63) is 0 Å². The quantitative estimate of drug-likeness (QED) is 0.692. The number of nitrogens with one attached hydrogen (secondary N) is 1. The molecule has 3 N–H and O–H groups in total. The van der Waals surface area contributed by atoms with Crippen molar-refractivity contribution >= 4 is 12.0 Å². The van der Waals surface area contributed by atoms with Crippen molar-refractivity contribution in [2.24, 2.45) is 5.92 Å². The van der Waals surface area contributed by atoms with E-state index in [1.54, 1.807) is 0 Å². The third-order valence-electron chi connectivity index (χ3n) is 4.17. The highest BCUT2D eigenvalue weighted by Crippen LogP contribution is 2.24. The molecule has 0 spiro atoms. The fourth-order valence-electron chi connectivity index (χ4n) is 2.93. The summed E-state index contributed by atoms with van der Waals surface area (Å²) in [7, 11) is 0. The topological polar surface area (TPSA) is 89.9 Å². The molecule has 1 unspecified atom stereocenters. The number of β-amino-alcohol motifs (C(OH)–C–C–N with tert-alkyl or cyclic N) is 1. The number of amides is 2. The average molecular weight is 270 g/mol. The van der Waals surface area contributed by atoms with E-state index in [-0.39, 0.29) is 25.0 Å². The molecular weight excluding hydrogens is 248 g/mol. The van der Waals surface area contributed by atoms with Gasteiger partial charge >= 0.3 is 12.0 Å². The van der Waals surface area contributed by atoms with Crippen molar-refractivity contribution in [2.75, 3.05) is 6.54 Å². The van der Waals surface area contributed by atoms with Crippen LogP contribution in [-0.4, -0.2) is 51.8 Å². The third kappa shape index (κ3) is 3.37. The van der Waals surface area contributed by atoms with Crippen LogP contribution in [0.15, 0.2) is 0 Å². The third-order valence-corrected chi connectivity index (χ3v) is 4.17. The lowest BCUT2D eigenvalue weighted by Crippen LogP contribution is -2.49. The van der Waals surface area contributed by atoms with Crippen LogP contribution in [0, 0.1) is 5.92 Å². The first kappa shape index (κ1) is 14.1. The Morgan fingerprint density at radius 1 is 1.21 bits per heavy atom. The van der Waals surface area contributed by atoms with Gasteiger partial charge < -0.3 is 20.4 Å². The van der Waals surface area contributed by atoms with E-state index in [2.05, 4.69) is 12.2 Å². The van der Waals surface area contributed by atoms with E-state index in [4.69, 9.17) is 5.11 Å². The van der Waals surface area contributed by atoms with Gasteiger partial charge in [-0.25, -0.2) is 9.59 Å². The highest BCUT2D eigenvalue weighted by molar-refractivity contribution is 5.83. The molecule has 2 fully saturated rings. The average Bonchev–Trinajstić information content (AvgIpc) is 2.74. The van der Waals surface area contributed by atoms with Gasteiger partial charge in [0, 0.05) is 19.0 Å². The van der Waals surface area contributed by atoms with E-state index in [0.29, 0.717) is 5.92 Å². The number of carbonyl (C=O) groups is 2. The lowest BCUT2D eigenvalue weighted by atomic mass is 9.87. The summed E-state index contributed by atoms with van der Waals surface area (Å²) in [6.45, 7) is 2.31. The first-order valence-electron chi connectivity index (χ1n) is 6.95. The maximum atomic E-state index is 12.1. The van der Waals surface area contributed by atoms with Gasteiger partial charge in [-0.15, -0.1) is 0 Å². The van der Waals surface area contributed by atoms with E-state index in [1.807, 2.05) is 0 Å². The number of likely N-dealkylation sites (tertiary alicyclic amines) is 1. The van der Waals surface area contributed by atoms with Crippen LogP contribution in [0.1, 0.15) is 39.0 Å². The van der Waals surface area contributed by atoms with Crippen LogP contribution in [0.4, 0.5) is 4.79 Å². The number of carboxylic acid groups (broad SMARTS) is 1. The monoisotopic (exact) mass is 270 g/mol. The molecule has 0 radical (unpaired) electrons. The Kier molecular flexibility index (Phi) is 4.29. The maximum Gasteiger partial charge on any atom is 0.326 e. The predicted octanol–water partition coefficient (Wildman–Crippen LogP) is 0.794. The second-order valence-corrected chi connectivity index (χ2v) is 5.80. The number of rotatable bonds is 2. The number of carboxylic acids is 1. The van der Waals surface area contributed by atoms with E-state index < -0.39 is 18.1 Å². The van der Waals surface area contributed by atoms with E-state index in [0.717, 1.165) is 25.7 Å². The Labute approximate surface area is 112 Å². The number of urea groups is 1. The normalized spacial score (nSPS) is 35.2. The molecule has 1 heterocycles. The largest absolute Gasteiger partial charge is 0.480 e. The lowest BCUT2D eigenvalue weighted by Gasteiger charge is -2.30. The summed E-state index contributed by atoms with van der Waals surface area (Å²) in [5, 5.41) is 21.5. The highest BCUT2D eigenvalue weighted by Gasteiger charge is 2.39. The second-order valence-electron chi connectivity index (χ2n) is 5.80. The van der Waals surface area contributed by atoms with E-state index >= 15 is 0 Å². The van der Waals surface area contributed by atoms with Crippen molar-refractivity contribution in [3.63, 3.8) is 0 Å². The van der Waals surface area contributed by atoms with Gasteiger partial charge in [-0.2, -0.15) is 0 Å². The molecule has 1 aliphatic heterocycles. The number of hydrogen-bond donors (Lipinski definition) is 3. The Morgan fingerprint density at radius 3 is 2.42 bits per heavy atom. The minimum atomic E-state index is -1.05. The smallest absolute Gasteiger partial charge is 0.326 e. The highest BCUT2D eigenvalue weighted by atomic mass is 16.4. The van der Waals surface area contributed by atoms with Crippen molar-refractivity contribution in [3.8, 4) is 0 Å². The molecule has 1 saturated carbocycles. The number of hydrogen-bond acceptors (Lipinski definition) is 3. The molecule has 2 amide bonds. The van der Waals surface area contributed by atoms with Gasteiger partial charge in [-0.05, 0) is 31.6 Å². The zero-order valence-corrected chi connectivity index (χ0v) is 11.2. The molecule has 2 atom stereocenters. The van der Waals surface area contributed by atoms with Crippen LogP contribution in [0.3, 0.4) is 0 Å². The molecule has 2 rings (SSSR count). The molecule has 0 aromatic rings. The summed E-state index contributed by atoms with van der Waals surface area (Å²) >= 11 is 0. The molecule has 0 aromatic heterocycles. The molecule has 108 valence electrons. The van der Waals surface area contributed by atoms with Crippen LogP contribution < -0.4 is 5.32 Å². The van der Waals surface area contributed by atoms with Gasteiger partial charge in [0.1, 0.15) is 6.04 Å². The number of nitrogens with zero attached hydrogens (tertiary/aromatic N) is 1. The predicted molar refractivity (Wildman–Crippen MR) is 68.7 cm³/mol. The Bertz CT molecular complexity index is 353. The molecular formula is C13H22N2O4. The van der Waals surface area contributed by atoms with Gasteiger partial charge in [-0.3, -0.25) is 0 Å². The molecule has 19 heavy (non-hydrogen) atoms. The zero-order chi connectivity index (χ0) is 14.0. The summed E-state index contributed by atoms with van der Waals surface area (Å²) < 4.78 is 0. The number of aliphatic carboxylic acids is 1. The molecule has 2 aliphatic rings. The summed E-state index contributed by atoms with van der Waals surface area (Å²) in [5.74, 6) is -0.350. The van der Waals surface area contributed by atoms with Gasteiger partial charge in [0.2, 0.25) is 0 Å². The van der Waals surface area contributed by atoms with Crippen molar-refractivity contribution in [1.29, 1.82) is 0 Å². The van der Waals surface area contributed by atoms with E-state index in [1.165, 1.54) is 4.90 Å². The standard InChI is InChI=1S/C13H22N2O4/c1-8-2-4-9(5-3-8)14-13(19)15-7-10(16)6-11(15)12(17)18/h8-11,16H,2-7H2,1H3,(H,14,19)(H,17,18)/t8?,9?,10?,11-/m0/s1. The fraction of sp³-hybridized carbons (Fsp3) is 0.846. The minimum Gasteiger partial charge on any atom is -0.480 e. The summed E-state index contributed by atoms with van der Waals surface area (Å²) in [6, 6.07) is -1.13. The lowest BCUT2D eigenvalue weighted by molar-refractivity contribution is -0.141. The minimum absolute atomic E-state index is 0.103. The molecule has 1 aliphatic carbocycles. The van der Waals surface area contributed by atoms with Crippen molar-refractivity contribution < 1.29 is 19.8 Å². The van der Waals surface area contributed by atoms with Gasteiger partial charge in [0.15, 0.2) is 0 Å². The number of aliphatic hydroxyl groups excluding tert-OH is 1. The van der Waals surface area contributed by atoms with Crippen LogP contribution in [0.2, 0.25) is 0 Å². The molecule has 1 saturated heterocycles. The van der Waals surface area contributed by atoms with E-state index in [9.17, 15) is 14.7 Å². The Balaban J connectivity index is 1.90. The SMILES string of the molecule is CC1CCC(NC(=O)N2CC(O)C[C@H]2C(=O)O)CC1. The molecule has 6 nitrogen and oxygen atoms in total. The Hall–Kier alpha value is -1.30. The first-order chi connectivity index (χ1) is 8.97. The van der Waals surface area contributed by atoms with Crippen LogP contribution in [0.5, 0.6) is 0 Å². The van der Waals surface area contributed by atoms with Gasteiger partial charge in [0.25, 0.3) is 0 Å². The number of aliphatic hydroxyl groups is 1. The van der Waals surface area contributed by atoms with Gasteiger partial charge in [-0.1, -0.05) is 6.92 Å². The summed E-state index contributed by atoms with van der Waals surface area (Å²) in [4.78, 5) is 24.4. The maximum absolute atomic E-state index is 12.1. The fourth-order valence-corrected chi connectivity index (χ4v) is 2.93. The molecule has 0 bridgehead atoms. The number of carbonyl (C=O) groups excluding carboxylic acids is 1. The summed E-state index contributed by atoms with van der Waals surface area (Å²) in [6.07, 6.45) is 3.46. The summed E-state index contributed by atoms with van der Waals surface area (Å²) in [5.41, 5.74) is 0. The molecule has 0 aromatic carbocycles.